The maximum absolute atomic E-state index is 13.0. The molecule has 2 aromatic carbocycles. The van der Waals surface area contributed by atoms with Gasteiger partial charge in [0.05, 0.1) is 11.3 Å². The largest absolute Gasteiger partial charge is 0.486 e. The zero-order valence-electron chi connectivity index (χ0n) is 16.4. The second-order valence-corrected chi connectivity index (χ2v) is 7.39. The zero-order chi connectivity index (χ0) is 22.3. The number of carbonyl (C=O) groups excluding carboxylic acids is 2. The number of amides is 2. The highest BCUT2D eigenvalue weighted by Crippen LogP contribution is 2.47. The fourth-order valence-corrected chi connectivity index (χ4v) is 3.81. The third-order valence-electron chi connectivity index (χ3n) is 5.13. The van der Waals surface area contributed by atoms with Gasteiger partial charge in [-0.3, -0.25) is 14.5 Å². The lowest BCUT2D eigenvalue weighted by Crippen LogP contribution is -2.45. The molecule has 2 heterocycles. The van der Waals surface area contributed by atoms with Gasteiger partial charge in [0, 0.05) is 18.6 Å². The first-order valence-electron chi connectivity index (χ1n) is 9.55. The number of ether oxygens (including phenoxy) is 3. The van der Waals surface area contributed by atoms with E-state index in [4.69, 9.17) is 19.9 Å². The number of alkyl halides is 3. The number of hydrogen-bond donors (Lipinski definition) is 1. The molecule has 10 heteroatoms. The predicted octanol–water partition coefficient (Wildman–Crippen LogP) is 3.50. The predicted molar refractivity (Wildman–Crippen MR) is 103 cm³/mol. The van der Waals surface area contributed by atoms with Gasteiger partial charge in [-0.15, -0.1) is 0 Å². The Kier molecular flexibility index (Phi) is 5.16. The average molecular weight is 436 g/mol. The Hall–Kier alpha value is -3.43. The molecule has 0 saturated carbocycles. The summed E-state index contributed by atoms with van der Waals surface area (Å²) < 4.78 is 56.0. The molecule has 1 saturated heterocycles. The molecular weight excluding hydrogens is 417 g/mol. The monoisotopic (exact) mass is 436 g/mol. The van der Waals surface area contributed by atoms with Gasteiger partial charge in [0.25, 0.3) is 0 Å². The van der Waals surface area contributed by atoms with Crippen molar-refractivity contribution in [3.63, 3.8) is 0 Å². The summed E-state index contributed by atoms with van der Waals surface area (Å²) in [5.74, 6) is -0.757. The third kappa shape index (κ3) is 3.97. The summed E-state index contributed by atoms with van der Waals surface area (Å²) in [5.41, 5.74) is 4.89. The summed E-state index contributed by atoms with van der Waals surface area (Å²) in [4.78, 5) is 26.0. The van der Waals surface area contributed by atoms with E-state index in [1.807, 2.05) is 0 Å². The Labute approximate surface area is 175 Å². The average Bonchev–Trinajstić information content (AvgIpc) is 3.00. The van der Waals surface area contributed by atoms with Crippen LogP contribution in [0.2, 0.25) is 0 Å². The molecule has 31 heavy (non-hydrogen) atoms. The third-order valence-corrected chi connectivity index (χ3v) is 5.13. The van der Waals surface area contributed by atoms with Gasteiger partial charge in [0.15, 0.2) is 11.5 Å². The van der Waals surface area contributed by atoms with Crippen LogP contribution in [-0.2, 0) is 15.8 Å². The van der Waals surface area contributed by atoms with Crippen LogP contribution < -0.4 is 24.8 Å². The van der Waals surface area contributed by atoms with E-state index in [1.54, 1.807) is 6.92 Å². The molecule has 2 unspecified atom stereocenters. The second kappa shape index (κ2) is 7.68. The van der Waals surface area contributed by atoms with Gasteiger partial charge in [-0.25, -0.2) is 0 Å². The molecule has 2 atom stereocenters. The Morgan fingerprint density at radius 2 is 1.90 bits per heavy atom. The second-order valence-electron chi connectivity index (χ2n) is 7.39. The van der Waals surface area contributed by atoms with E-state index in [9.17, 15) is 22.8 Å². The van der Waals surface area contributed by atoms with Crippen LogP contribution >= 0.6 is 0 Å². The molecule has 1 fully saturated rings. The van der Waals surface area contributed by atoms with Gasteiger partial charge < -0.3 is 19.9 Å². The minimum Gasteiger partial charge on any atom is -0.486 e. The number of rotatable bonds is 4. The van der Waals surface area contributed by atoms with Crippen LogP contribution in [0.15, 0.2) is 36.4 Å². The number of nitrogens with zero attached hydrogens (tertiary/aromatic N) is 1. The lowest BCUT2D eigenvalue weighted by molar-refractivity contribution is -0.137. The molecule has 2 aromatic rings. The van der Waals surface area contributed by atoms with Gasteiger partial charge in [0.1, 0.15) is 30.8 Å². The summed E-state index contributed by atoms with van der Waals surface area (Å²) >= 11 is 0. The molecule has 7 nitrogen and oxygen atoms in total. The van der Waals surface area contributed by atoms with Crippen LogP contribution in [-0.4, -0.2) is 31.1 Å². The summed E-state index contributed by atoms with van der Waals surface area (Å²) in [6.45, 7) is 2.20. The van der Waals surface area contributed by atoms with Crippen molar-refractivity contribution in [1.29, 1.82) is 0 Å². The van der Waals surface area contributed by atoms with E-state index in [0.29, 0.717) is 0 Å². The summed E-state index contributed by atoms with van der Waals surface area (Å²) in [7, 11) is 0. The molecule has 2 aliphatic heterocycles. The maximum Gasteiger partial charge on any atom is 0.416 e. The van der Waals surface area contributed by atoms with E-state index in [0.717, 1.165) is 12.1 Å². The lowest BCUT2D eigenvalue weighted by Gasteiger charge is -2.29. The number of halogens is 3. The van der Waals surface area contributed by atoms with Crippen LogP contribution in [0.3, 0.4) is 0 Å². The normalized spacial score (nSPS) is 20.6. The van der Waals surface area contributed by atoms with Crippen molar-refractivity contribution < 1.29 is 37.0 Å². The number of anilines is 1. The first-order valence-corrected chi connectivity index (χ1v) is 9.55. The van der Waals surface area contributed by atoms with E-state index >= 15 is 0 Å². The van der Waals surface area contributed by atoms with E-state index < -0.39 is 23.7 Å². The van der Waals surface area contributed by atoms with Crippen molar-refractivity contribution in [3.8, 4) is 23.0 Å². The molecule has 2 aliphatic rings. The zero-order valence-corrected chi connectivity index (χ0v) is 16.4. The number of nitrogens with two attached hydrogens (primary N) is 1. The molecule has 0 radical (unpaired) electrons. The molecule has 0 aliphatic carbocycles. The molecule has 0 bridgehead atoms. The van der Waals surface area contributed by atoms with E-state index in [1.165, 1.54) is 29.2 Å². The number of fused-ring (bicyclic) bond motifs is 1. The minimum atomic E-state index is -4.52. The lowest BCUT2D eigenvalue weighted by atomic mass is 10.0. The Morgan fingerprint density at radius 1 is 1.16 bits per heavy atom. The van der Waals surface area contributed by atoms with E-state index in [2.05, 4.69) is 0 Å². The highest BCUT2D eigenvalue weighted by molar-refractivity contribution is 6.05. The molecular formula is C21H19F3N2O5. The van der Waals surface area contributed by atoms with Gasteiger partial charge in [-0.05, 0) is 24.1 Å². The highest BCUT2D eigenvalue weighted by Gasteiger charge is 2.43. The Bertz CT molecular complexity index is 1040. The molecule has 4 rings (SSSR count). The highest BCUT2D eigenvalue weighted by atomic mass is 19.4. The summed E-state index contributed by atoms with van der Waals surface area (Å²) in [5, 5.41) is 0. The molecule has 0 aromatic heterocycles. The molecule has 2 amide bonds. The van der Waals surface area contributed by atoms with Crippen LogP contribution in [0.1, 0.15) is 18.9 Å². The number of primary amides is 1. The summed E-state index contributed by atoms with van der Waals surface area (Å²) in [6.07, 6.45) is -4.41. The quantitative estimate of drug-likeness (QED) is 0.792. The van der Waals surface area contributed by atoms with E-state index in [-0.39, 0.29) is 60.1 Å². The van der Waals surface area contributed by atoms with Crippen molar-refractivity contribution in [1.82, 2.24) is 0 Å². The topological polar surface area (TPSA) is 91.1 Å². The van der Waals surface area contributed by atoms with Crippen molar-refractivity contribution in [2.45, 2.75) is 25.6 Å². The number of benzene rings is 2. The smallest absolute Gasteiger partial charge is 0.416 e. The molecule has 0 spiro atoms. The molecule has 2 N–H and O–H groups in total. The standard InChI is InChI=1S/C21H19F3N2O5/c1-11-7-17(27)26(18(11)20(25)28)15-9-14(10-16-19(15)30-6-5-29-16)31-13-4-2-3-12(8-13)21(22,23)24/h2-4,8-11,18H,5-7H2,1H3,(H2,25,28). The van der Waals surface area contributed by atoms with Gasteiger partial charge in [-0.2, -0.15) is 13.2 Å². The molecule has 164 valence electrons. The fraction of sp³-hybridized carbons (Fsp3) is 0.333. The van der Waals surface area contributed by atoms with Crippen molar-refractivity contribution in [2.75, 3.05) is 18.1 Å². The fourth-order valence-electron chi connectivity index (χ4n) is 3.81. The van der Waals surface area contributed by atoms with Crippen molar-refractivity contribution in [3.05, 3.63) is 42.0 Å². The SMILES string of the molecule is CC1CC(=O)N(c2cc(Oc3cccc(C(F)(F)F)c3)cc3c2OCCO3)C1C(N)=O. The summed E-state index contributed by atoms with van der Waals surface area (Å²) in [6, 6.07) is 6.40. The first-order chi connectivity index (χ1) is 14.6. The maximum atomic E-state index is 13.0. The Balaban J connectivity index is 1.76. The van der Waals surface area contributed by atoms with Crippen molar-refractivity contribution in [2.24, 2.45) is 11.7 Å². The van der Waals surface area contributed by atoms with Crippen LogP contribution in [0.4, 0.5) is 18.9 Å². The van der Waals surface area contributed by atoms with Crippen LogP contribution in [0, 0.1) is 5.92 Å². The minimum absolute atomic E-state index is 0.0509. The van der Waals surface area contributed by atoms with Crippen LogP contribution in [0.5, 0.6) is 23.0 Å². The number of carbonyl (C=O) groups is 2. The van der Waals surface area contributed by atoms with Gasteiger partial charge in [0.2, 0.25) is 11.8 Å². The Morgan fingerprint density at radius 3 is 2.61 bits per heavy atom. The van der Waals surface area contributed by atoms with Crippen molar-refractivity contribution >= 4 is 17.5 Å². The van der Waals surface area contributed by atoms with Gasteiger partial charge in [-0.1, -0.05) is 13.0 Å². The first kappa shape index (κ1) is 20.8. The van der Waals surface area contributed by atoms with Crippen LogP contribution in [0.25, 0.3) is 0 Å². The number of hydrogen-bond acceptors (Lipinski definition) is 5. The van der Waals surface area contributed by atoms with Gasteiger partial charge >= 0.3 is 6.18 Å².